The maximum absolute atomic E-state index is 13.0. The fraction of sp³-hybridized carbons (Fsp3) is 0.321. The Hall–Kier alpha value is -4.15. The summed E-state index contributed by atoms with van der Waals surface area (Å²) in [4.78, 5) is 35.1. The summed E-state index contributed by atoms with van der Waals surface area (Å²) in [6.45, 7) is 7.46. The molecule has 0 aliphatic rings. The fourth-order valence-corrected chi connectivity index (χ4v) is 3.80. The predicted molar refractivity (Wildman–Crippen MR) is 153 cm³/mol. The lowest BCUT2D eigenvalue weighted by Crippen LogP contribution is -2.29. The Morgan fingerprint density at radius 2 is 1.82 bits per heavy atom. The molecule has 0 spiro atoms. The molecule has 0 atom stereocenters. The molecule has 38 heavy (non-hydrogen) atoms. The largest absolute Gasteiger partial charge is 0.343 e. The molecule has 0 aliphatic carbocycles. The monoisotopic (exact) mass is 513 g/mol. The van der Waals surface area contributed by atoms with Crippen LogP contribution in [0.4, 0.5) is 23.1 Å². The van der Waals surface area contributed by atoms with E-state index in [2.05, 4.69) is 30.5 Å². The molecule has 10 nitrogen and oxygen atoms in total. The van der Waals surface area contributed by atoms with Gasteiger partial charge < -0.3 is 26.2 Å². The molecule has 0 fully saturated rings. The number of carbonyl (C=O) groups is 1. The number of likely N-dealkylation sites (N-methyl/N-ethyl adjacent to an activating group) is 2. The Morgan fingerprint density at radius 1 is 1.03 bits per heavy atom. The van der Waals surface area contributed by atoms with Crippen LogP contribution in [-0.2, 0) is 5.54 Å². The van der Waals surface area contributed by atoms with Gasteiger partial charge in [0.05, 0.1) is 6.20 Å². The van der Waals surface area contributed by atoms with E-state index < -0.39 is 5.54 Å². The Morgan fingerprint density at radius 3 is 2.55 bits per heavy atom. The first-order chi connectivity index (χ1) is 18.0. The second-order valence-corrected chi connectivity index (χ2v) is 10.3. The van der Waals surface area contributed by atoms with Crippen LogP contribution in [0.3, 0.4) is 0 Å². The average Bonchev–Trinajstić information content (AvgIpc) is 2.88. The van der Waals surface area contributed by atoms with Crippen molar-refractivity contribution in [2.75, 3.05) is 49.8 Å². The number of rotatable bonds is 9. The summed E-state index contributed by atoms with van der Waals surface area (Å²) >= 11 is 0. The molecule has 198 valence electrons. The normalized spacial score (nSPS) is 11.6. The summed E-state index contributed by atoms with van der Waals surface area (Å²) in [7, 11) is 6.02. The number of nitrogens with zero attached hydrogens (tertiary/aromatic N) is 6. The second kappa shape index (κ2) is 11.1. The average molecular weight is 514 g/mol. The van der Waals surface area contributed by atoms with E-state index in [9.17, 15) is 4.79 Å². The third-order valence-corrected chi connectivity index (χ3v) is 6.21. The van der Waals surface area contributed by atoms with Gasteiger partial charge in [0, 0.05) is 42.6 Å². The minimum absolute atomic E-state index is 0.212. The van der Waals surface area contributed by atoms with Crippen molar-refractivity contribution in [1.29, 1.82) is 0 Å². The highest BCUT2D eigenvalue weighted by molar-refractivity contribution is 6.04. The minimum Gasteiger partial charge on any atom is -0.343 e. The highest BCUT2D eigenvalue weighted by atomic mass is 16.1. The molecule has 0 bridgehead atoms. The topological polar surface area (TPSA) is 125 Å². The van der Waals surface area contributed by atoms with E-state index in [0.717, 1.165) is 29.9 Å². The quantitative estimate of drug-likeness (QED) is 0.305. The lowest BCUT2D eigenvalue weighted by Gasteiger charge is -2.20. The van der Waals surface area contributed by atoms with Crippen molar-refractivity contribution >= 4 is 40.1 Å². The number of benzene rings is 2. The van der Waals surface area contributed by atoms with Gasteiger partial charge >= 0.3 is 0 Å². The number of aryl methyl sites for hydroxylation is 1. The van der Waals surface area contributed by atoms with Crippen molar-refractivity contribution in [3.63, 3.8) is 0 Å². The van der Waals surface area contributed by atoms with Gasteiger partial charge in [0.15, 0.2) is 5.82 Å². The zero-order valence-electron chi connectivity index (χ0n) is 22.8. The van der Waals surface area contributed by atoms with Gasteiger partial charge in [-0.05, 0) is 70.3 Å². The number of carbonyl (C=O) groups excluding carboxylic acids is 1. The van der Waals surface area contributed by atoms with E-state index in [1.54, 1.807) is 12.3 Å². The lowest BCUT2D eigenvalue weighted by atomic mass is 9.94. The van der Waals surface area contributed by atoms with Gasteiger partial charge in [0.2, 0.25) is 5.95 Å². The molecule has 2 aromatic heterocycles. The van der Waals surface area contributed by atoms with E-state index in [4.69, 9.17) is 10.7 Å². The zero-order chi connectivity index (χ0) is 27.4. The van der Waals surface area contributed by atoms with Crippen LogP contribution >= 0.6 is 0 Å². The Labute approximate surface area is 223 Å². The Bertz CT molecular complexity index is 1450. The Balaban J connectivity index is 1.58. The fourth-order valence-electron chi connectivity index (χ4n) is 3.80. The number of hydrogen-bond acceptors (Lipinski definition) is 9. The molecule has 4 N–H and O–H groups in total. The van der Waals surface area contributed by atoms with Gasteiger partial charge in [-0.15, -0.1) is 0 Å². The maximum Gasteiger partial charge on any atom is 0.255 e. The number of anilines is 4. The molecule has 2 aromatic carbocycles. The van der Waals surface area contributed by atoms with Crippen LogP contribution in [0, 0.1) is 6.92 Å². The van der Waals surface area contributed by atoms with Gasteiger partial charge in [0.25, 0.3) is 5.91 Å². The summed E-state index contributed by atoms with van der Waals surface area (Å²) in [6.07, 6.45) is 3.19. The highest BCUT2D eigenvalue weighted by Gasteiger charge is 2.17. The molecule has 1 amide bonds. The third kappa shape index (κ3) is 6.39. The van der Waals surface area contributed by atoms with Crippen LogP contribution in [-0.4, -0.2) is 65.0 Å². The second-order valence-electron chi connectivity index (χ2n) is 10.3. The van der Waals surface area contributed by atoms with Crippen molar-refractivity contribution in [3.8, 4) is 0 Å². The van der Waals surface area contributed by atoms with Crippen LogP contribution in [0.1, 0.15) is 35.3 Å². The molecular formula is C28H35N9O. The molecule has 0 unspecified atom stereocenters. The van der Waals surface area contributed by atoms with Gasteiger partial charge in [0.1, 0.15) is 17.4 Å². The predicted octanol–water partition coefficient (Wildman–Crippen LogP) is 3.92. The van der Waals surface area contributed by atoms with E-state index in [0.29, 0.717) is 34.1 Å². The summed E-state index contributed by atoms with van der Waals surface area (Å²) in [5.74, 6) is 0.943. The number of amides is 1. The number of hydrogen-bond donors (Lipinski definition) is 3. The van der Waals surface area contributed by atoms with E-state index in [1.165, 1.54) is 6.33 Å². The van der Waals surface area contributed by atoms with Gasteiger partial charge in [-0.25, -0.2) is 19.9 Å². The number of fused-ring (bicyclic) bond motifs is 1. The van der Waals surface area contributed by atoms with Crippen molar-refractivity contribution < 1.29 is 4.79 Å². The smallest absolute Gasteiger partial charge is 0.255 e. The summed E-state index contributed by atoms with van der Waals surface area (Å²) in [6, 6.07) is 13.0. The van der Waals surface area contributed by atoms with Gasteiger partial charge in [-0.2, -0.15) is 0 Å². The van der Waals surface area contributed by atoms with Crippen LogP contribution in [0.5, 0.6) is 0 Å². The molecule has 4 aromatic rings. The van der Waals surface area contributed by atoms with Gasteiger partial charge in [-0.1, -0.05) is 18.2 Å². The van der Waals surface area contributed by atoms with Crippen molar-refractivity contribution in [2.45, 2.75) is 26.3 Å². The molecular weight excluding hydrogens is 478 g/mol. The number of nitrogens with one attached hydrogen (secondary N) is 2. The number of nitrogens with two attached hydrogens (primary N) is 1. The van der Waals surface area contributed by atoms with Crippen LogP contribution in [0.2, 0.25) is 0 Å². The Kier molecular flexibility index (Phi) is 7.84. The van der Waals surface area contributed by atoms with Gasteiger partial charge in [-0.3, -0.25) is 4.79 Å². The van der Waals surface area contributed by atoms with Crippen LogP contribution < -0.4 is 21.3 Å². The van der Waals surface area contributed by atoms with Crippen molar-refractivity contribution in [3.05, 3.63) is 71.7 Å². The first-order valence-corrected chi connectivity index (χ1v) is 12.4. The van der Waals surface area contributed by atoms with E-state index in [1.807, 2.05) is 83.2 Å². The van der Waals surface area contributed by atoms with E-state index >= 15 is 0 Å². The van der Waals surface area contributed by atoms with Crippen LogP contribution in [0.25, 0.3) is 11.0 Å². The SMILES string of the molecule is Cc1ccc(NC(=O)c2cccc(C(C)(C)N)c2)cc1Nc1ncnc2cnc(N(C)CCN(C)C)nc12. The maximum atomic E-state index is 13.0. The molecule has 2 heterocycles. The number of aromatic nitrogens is 4. The summed E-state index contributed by atoms with van der Waals surface area (Å²) < 4.78 is 0. The molecule has 0 radical (unpaired) electrons. The standard InChI is InChI=1S/C28H35N9O/c1-18-10-11-21(33-26(38)19-8-7-9-20(14-19)28(2,3)29)15-22(18)34-25-24-23(31-17-32-25)16-30-27(35-24)37(6)13-12-36(4)5/h7-11,14-17H,12-13,29H2,1-6H3,(H,33,38)(H,31,32,34). The first-order valence-electron chi connectivity index (χ1n) is 12.4. The zero-order valence-corrected chi connectivity index (χ0v) is 22.8. The summed E-state index contributed by atoms with van der Waals surface area (Å²) in [5.41, 5.74) is 10.8. The highest BCUT2D eigenvalue weighted by Crippen LogP contribution is 2.27. The molecule has 0 saturated heterocycles. The van der Waals surface area contributed by atoms with Crippen LogP contribution in [0.15, 0.2) is 55.0 Å². The third-order valence-electron chi connectivity index (χ3n) is 6.21. The molecule has 0 aliphatic heterocycles. The van der Waals surface area contributed by atoms with Crippen molar-refractivity contribution in [1.82, 2.24) is 24.8 Å². The molecule has 0 saturated carbocycles. The van der Waals surface area contributed by atoms with E-state index in [-0.39, 0.29) is 5.91 Å². The van der Waals surface area contributed by atoms with Crippen molar-refractivity contribution in [2.24, 2.45) is 5.73 Å². The minimum atomic E-state index is -0.540. The molecule has 4 rings (SSSR count). The lowest BCUT2D eigenvalue weighted by molar-refractivity contribution is 0.102. The first kappa shape index (κ1) is 26.9. The molecule has 10 heteroatoms. The summed E-state index contributed by atoms with van der Waals surface area (Å²) in [5, 5.41) is 6.36.